The molecular formula is C56H103NO8. The molecule has 0 saturated carbocycles. The van der Waals surface area contributed by atoms with E-state index in [4.69, 9.17) is 18.9 Å². The lowest BCUT2D eigenvalue weighted by atomic mass is 10.0. The Kier molecular flexibility index (Phi) is 46.1. The number of likely N-dealkylation sites (N-methyl/N-ethyl adjacent to an activating group) is 1. The molecule has 0 aromatic heterocycles. The van der Waals surface area contributed by atoms with Crippen LogP contribution < -0.4 is 5.11 Å². The third kappa shape index (κ3) is 49.2. The third-order valence-electron chi connectivity index (χ3n) is 11.9. The zero-order chi connectivity index (χ0) is 47.7. The average Bonchev–Trinajstić information content (AvgIpc) is 3.27. The summed E-state index contributed by atoms with van der Waals surface area (Å²) in [6, 6.07) is 0. The summed E-state index contributed by atoms with van der Waals surface area (Å²) >= 11 is 0. The fourth-order valence-corrected chi connectivity index (χ4v) is 7.62. The second-order valence-corrected chi connectivity index (χ2v) is 19.5. The van der Waals surface area contributed by atoms with Gasteiger partial charge in [-0.1, -0.05) is 198 Å². The zero-order valence-electron chi connectivity index (χ0n) is 43.1. The molecule has 2 atom stereocenters. The molecule has 0 fully saturated rings. The largest absolute Gasteiger partial charge is 0.545 e. The minimum atomic E-state index is -1.62. The maximum absolute atomic E-state index is 12.8. The molecule has 0 rings (SSSR count). The van der Waals surface area contributed by atoms with E-state index in [-0.39, 0.29) is 38.6 Å². The van der Waals surface area contributed by atoms with Crippen LogP contribution in [0.4, 0.5) is 0 Å². The number of hydrogen-bond acceptors (Lipinski definition) is 8. The van der Waals surface area contributed by atoms with Crippen LogP contribution in [0.25, 0.3) is 0 Å². The lowest BCUT2D eigenvalue weighted by Crippen LogP contribution is -2.44. The Bertz CT molecular complexity index is 1160. The molecule has 2 unspecified atom stereocenters. The molecule has 0 radical (unpaired) electrons. The van der Waals surface area contributed by atoms with Crippen molar-refractivity contribution in [1.29, 1.82) is 0 Å². The lowest BCUT2D eigenvalue weighted by molar-refractivity contribution is -0.870. The van der Waals surface area contributed by atoms with Crippen LogP contribution >= 0.6 is 0 Å². The summed E-state index contributed by atoms with van der Waals surface area (Å²) in [5.74, 6) is -2.29. The van der Waals surface area contributed by atoms with Crippen molar-refractivity contribution in [3.8, 4) is 0 Å². The van der Waals surface area contributed by atoms with E-state index in [1.165, 1.54) is 154 Å². The van der Waals surface area contributed by atoms with Crippen LogP contribution in [0.3, 0.4) is 0 Å². The highest BCUT2D eigenvalue weighted by atomic mass is 16.7. The number of carbonyl (C=O) groups excluding carboxylic acids is 3. The summed E-state index contributed by atoms with van der Waals surface area (Å²) in [6.07, 6.45) is 53.2. The SMILES string of the molecule is CCCCCCC/C=C\C/C=C\CCCCCCCCCCCCCCCC(=O)OC(COC(=O)CCCCCCC/C=C\CCCCCCCC)COC(OCC[N+](C)(C)C)C(=O)[O-]. The number of ether oxygens (including phenoxy) is 4. The number of hydrogen-bond donors (Lipinski definition) is 0. The van der Waals surface area contributed by atoms with Crippen LogP contribution in [0.15, 0.2) is 36.5 Å². The first-order chi connectivity index (χ1) is 31.6. The number of quaternary nitrogens is 1. The minimum Gasteiger partial charge on any atom is -0.545 e. The van der Waals surface area contributed by atoms with E-state index in [9.17, 15) is 19.5 Å². The van der Waals surface area contributed by atoms with Gasteiger partial charge in [0.15, 0.2) is 12.4 Å². The first kappa shape index (κ1) is 62.5. The average molecular weight is 918 g/mol. The molecule has 0 saturated heterocycles. The van der Waals surface area contributed by atoms with Crippen molar-refractivity contribution in [2.75, 3.05) is 47.5 Å². The molecule has 0 aromatic rings. The molecule has 0 aromatic carbocycles. The lowest BCUT2D eigenvalue weighted by Gasteiger charge is -2.26. The van der Waals surface area contributed by atoms with Crippen molar-refractivity contribution in [3.05, 3.63) is 36.5 Å². The van der Waals surface area contributed by atoms with E-state index in [2.05, 4.69) is 50.3 Å². The van der Waals surface area contributed by atoms with Crippen LogP contribution in [0.5, 0.6) is 0 Å². The molecule has 0 aliphatic heterocycles. The summed E-state index contributed by atoms with van der Waals surface area (Å²) < 4.78 is 22.6. The van der Waals surface area contributed by atoms with Gasteiger partial charge in [0.1, 0.15) is 13.2 Å². The molecule has 65 heavy (non-hydrogen) atoms. The molecule has 0 N–H and O–H groups in total. The number of unbranched alkanes of at least 4 members (excludes halogenated alkanes) is 29. The van der Waals surface area contributed by atoms with Gasteiger partial charge < -0.3 is 33.3 Å². The predicted molar refractivity (Wildman–Crippen MR) is 269 cm³/mol. The van der Waals surface area contributed by atoms with Crippen LogP contribution in [0, 0.1) is 0 Å². The number of esters is 2. The van der Waals surface area contributed by atoms with Crippen molar-refractivity contribution in [2.45, 2.75) is 257 Å². The van der Waals surface area contributed by atoms with Crippen molar-refractivity contribution in [3.63, 3.8) is 0 Å². The van der Waals surface area contributed by atoms with Crippen LogP contribution in [-0.4, -0.2) is 82.3 Å². The van der Waals surface area contributed by atoms with Crippen molar-refractivity contribution in [2.24, 2.45) is 0 Å². The maximum atomic E-state index is 12.8. The first-order valence-corrected chi connectivity index (χ1v) is 27.1. The monoisotopic (exact) mass is 918 g/mol. The highest BCUT2D eigenvalue weighted by molar-refractivity contribution is 5.70. The molecule has 0 bridgehead atoms. The Morgan fingerprint density at radius 3 is 1.23 bits per heavy atom. The number of allylic oxidation sites excluding steroid dienone is 6. The number of carbonyl (C=O) groups is 3. The Labute approximate surface area is 400 Å². The quantitative estimate of drug-likeness (QED) is 0.0195. The van der Waals surface area contributed by atoms with Gasteiger partial charge in [0.2, 0.25) is 0 Å². The number of nitrogens with zero attached hydrogens (tertiary/aromatic N) is 1. The number of carboxylic acids is 1. The Morgan fingerprint density at radius 2 is 0.831 bits per heavy atom. The van der Waals surface area contributed by atoms with Crippen molar-refractivity contribution in [1.82, 2.24) is 0 Å². The standard InChI is InChI=1S/C56H103NO8/c1-6-8-10-12-14-16-18-20-22-23-24-25-26-27-28-29-30-31-33-35-37-39-41-43-45-47-54(59)65-52(51-64-56(55(60)61)62-49-48-57(3,4)5)50-63-53(58)46-44-42-40-38-36-34-32-21-19-17-15-13-11-9-7-2/h18,20-21,23-24,32,52,56H,6-17,19,22,25-31,33-51H2,1-5H3/b20-18-,24-23-,32-21-. The minimum absolute atomic E-state index is 0.147. The van der Waals surface area contributed by atoms with Crippen LogP contribution in [-0.2, 0) is 33.3 Å². The molecule has 0 heterocycles. The molecule has 0 spiro atoms. The molecule has 380 valence electrons. The van der Waals surface area contributed by atoms with E-state index in [1.807, 2.05) is 21.1 Å². The van der Waals surface area contributed by atoms with Crippen molar-refractivity contribution < 1.29 is 42.9 Å². The Balaban J connectivity index is 4.25. The summed E-state index contributed by atoms with van der Waals surface area (Å²) in [5, 5.41) is 11.7. The molecule has 9 nitrogen and oxygen atoms in total. The van der Waals surface area contributed by atoms with Crippen molar-refractivity contribution >= 4 is 17.9 Å². The van der Waals surface area contributed by atoms with Gasteiger partial charge in [-0.15, -0.1) is 0 Å². The Morgan fingerprint density at radius 1 is 0.462 bits per heavy atom. The fraction of sp³-hybridized carbons (Fsp3) is 0.839. The van der Waals surface area contributed by atoms with Gasteiger partial charge in [-0.2, -0.15) is 0 Å². The fourth-order valence-electron chi connectivity index (χ4n) is 7.62. The van der Waals surface area contributed by atoms with Crippen LogP contribution in [0.1, 0.15) is 245 Å². The molecule has 0 aliphatic carbocycles. The number of aliphatic carboxylic acids is 1. The summed E-state index contributed by atoms with van der Waals surface area (Å²) in [5.41, 5.74) is 0. The second-order valence-electron chi connectivity index (χ2n) is 19.5. The second kappa shape index (κ2) is 48.0. The van der Waals surface area contributed by atoms with E-state index in [0.717, 1.165) is 57.8 Å². The van der Waals surface area contributed by atoms with Gasteiger partial charge >= 0.3 is 11.9 Å². The van der Waals surface area contributed by atoms with Gasteiger partial charge in [0.05, 0.1) is 40.3 Å². The maximum Gasteiger partial charge on any atom is 0.306 e. The smallest absolute Gasteiger partial charge is 0.306 e. The summed E-state index contributed by atoms with van der Waals surface area (Å²) in [7, 11) is 5.92. The number of carboxylic acid groups (broad SMARTS) is 1. The highest BCUT2D eigenvalue weighted by Crippen LogP contribution is 2.16. The molecule has 0 amide bonds. The zero-order valence-corrected chi connectivity index (χ0v) is 43.1. The van der Waals surface area contributed by atoms with E-state index < -0.39 is 24.3 Å². The summed E-state index contributed by atoms with van der Waals surface area (Å²) in [4.78, 5) is 37.2. The third-order valence-corrected chi connectivity index (χ3v) is 11.9. The van der Waals surface area contributed by atoms with Gasteiger partial charge in [-0.3, -0.25) is 9.59 Å². The number of rotatable bonds is 50. The van der Waals surface area contributed by atoms with Crippen LogP contribution in [0.2, 0.25) is 0 Å². The van der Waals surface area contributed by atoms with E-state index >= 15 is 0 Å². The molecular weight excluding hydrogens is 815 g/mol. The normalized spacial score (nSPS) is 13.1. The van der Waals surface area contributed by atoms with Gasteiger partial charge in [-0.25, -0.2) is 0 Å². The topological polar surface area (TPSA) is 111 Å². The molecule has 0 aliphatic rings. The molecule has 9 heteroatoms. The highest BCUT2D eigenvalue weighted by Gasteiger charge is 2.22. The predicted octanol–water partition coefficient (Wildman–Crippen LogP) is 14.0. The summed E-state index contributed by atoms with van der Waals surface area (Å²) in [6.45, 7) is 4.74. The van der Waals surface area contributed by atoms with Gasteiger partial charge in [0.25, 0.3) is 0 Å². The van der Waals surface area contributed by atoms with E-state index in [1.54, 1.807) is 0 Å². The first-order valence-electron chi connectivity index (χ1n) is 27.1. The Hall–Kier alpha value is -2.49. The van der Waals surface area contributed by atoms with Gasteiger partial charge in [-0.05, 0) is 70.6 Å². The van der Waals surface area contributed by atoms with E-state index in [0.29, 0.717) is 17.4 Å². The van der Waals surface area contributed by atoms with Gasteiger partial charge in [0, 0.05) is 12.8 Å².